The van der Waals surface area contributed by atoms with Crippen molar-refractivity contribution in [2.75, 3.05) is 5.75 Å². The van der Waals surface area contributed by atoms with Gasteiger partial charge in [-0.15, -0.1) is 11.8 Å². The van der Waals surface area contributed by atoms with E-state index in [0.717, 1.165) is 37.9 Å². The number of nitrogens with one attached hydrogen (secondary N) is 1. The van der Waals surface area contributed by atoms with Crippen LogP contribution in [0.1, 0.15) is 52.9 Å². The van der Waals surface area contributed by atoms with Crippen molar-refractivity contribution in [3.63, 3.8) is 0 Å². The largest absolute Gasteiger partial charge is 0.352 e. The molecule has 3 atom stereocenters. The van der Waals surface area contributed by atoms with Crippen LogP contribution in [0.15, 0.2) is 0 Å². The van der Waals surface area contributed by atoms with Gasteiger partial charge < -0.3 is 10.2 Å². The fourth-order valence-corrected chi connectivity index (χ4v) is 4.04. The molecule has 0 aromatic heterocycles. The Morgan fingerprint density at radius 1 is 1.35 bits per heavy atom. The van der Waals surface area contributed by atoms with Gasteiger partial charge in [-0.2, -0.15) is 0 Å². The number of hydrogen-bond donors (Lipinski definition) is 1. The van der Waals surface area contributed by atoms with Gasteiger partial charge in [0.2, 0.25) is 11.8 Å². The maximum Gasteiger partial charge on any atom is 0.243 e. The van der Waals surface area contributed by atoms with E-state index in [1.807, 2.05) is 11.8 Å². The number of thioether (sulfide) groups is 1. The van der Waals surface area contributed by atoms with E-state index in [1.54, 1.807) is 11.8 Å². The summed E-state index contributed by atoms with van der Waals surface area (Å²) in [6.45, 7) is 6.20. The smallest absolute Gasteiger partial charge is 0.243 e. The van der Waals surface area contributed by atoms with Gasteiger partial charge in [0, 0.05) is 17.7 Å². The third-order valence-corrected chi connectivity index (χ3v) is 5.47. The third-order valence-electron chi connectivity index (χ3n) is 4.11. The summed E-state index contributed by atoms with van der Waals surface area (Å²) in [6.07, 6.45) is 4.94. The van der Waals surface area contributed by atoms with E-state index in [0.29, 0.717) is 0 Å². The zero-order chi connectivity index (χ0) is 14.7. The molecule has 2 amide bonds. The van der Waals surface area contributed by atoms with Crippen LogP contribution in [0.25, 0.3) is 0 Å². The average molecular weight is 298 g/mol. The van der Waals surface area contributed by atoms with Crippen LogP contribution in [0.4, 0.5) is 0 Å². The number of carbonyl (C=O) groups excluding carboxylic acids is 2. The molecule has 1 heterocycles. The monoisotopic (exact) mass is 298 g/mol. The molecule has 5 heteroatoms. The fraction of sp³-hybridized carbons (Fsp3) is 0.867. The molecular weight excluding hydrogens is 272 g/mol. The van der Waals surface area contributed by atoms with Crippen molar-refractivity contribution in [3.05, 3.63) is 0 Å². The summed E-state index contributed by atoms with van der Waals surface area (Å²) in [5.74, 6) is 1.16. The summed E-state index contributed by atoms with van der Waals surface area (Å²) in [7, 11) is 0. The van der Waals surface area contributed by atoms with Crippen molar-refractivity contribution in [1.82, 2.24) is 10.2 Å². The lowest BCUT2D eigenvalue weighted by Crippen LogP contribution is -2.51. The molecule has 20 heavy (non-hydrogen) atoms. The number of carbonyl (C=O) groups is 2. The Morgan fingerprint density at radius 3 is 2.60 bits per heavy atom. The molecule has 1 aliphatic carbocycles. The van der Waals surface area contributed by atoms with Gasteiger partial charge in [0.1, 0.15) is 6.04 Å². The standard InChI is InChI=1S/C15H26N2O2S/c1-4-6-13-17(15(19)11-7-8-11)12(9-20-13)14(18)16-10(3)5-2/h10-13H,4-9H2,1-3H3,(H,16,18). The summed E-state index contributed by atoms with van der Waals surface area (Å²) < 4.78 is 0. The van der Waals surface area contributed by atoms with E-state index in [-0.39, 0.29) is 35.2 Å². The third kappa shape index (κ3) is 3.48. The highest BCUT2D eigenvalue weighted by molar-refractivity contribution is 8.00. The van der Waals surface area contributed by atoms with Crippen molar-refractivity contribution < 1.29 is 9.59 Å². The molecule has 1 saturated heterocycles. The van der Waals surface area contributed by atoms with Crippen LogP contribution in [-0.4, -0.2) is 39.9 Å². The number of hydrogen-bond acceptors (Lipinski definition) is 3. The van der Waals surface area contributed by atoms with Crippen LogP contribution in [0.5, 0.6) is 0 Å². The molecule has 0 spiro atoms. The SMILES string of the molecule is CCCC1SCC(C(=O)NC(C)CC)N1C(=O)C1CC1. The first kappa shape index (κ1) is 15.7. The minimum absolute atomic E-state index is 0.0273. The highest BCUT2D eigenvalue weighted by atomic mass is 32.2. The molecule has 1 saturated carbocycles. The van der Waals surface area contributed by atoms with E-state index in [9.17, 15) is 9.59 Å². The van der Waals surface area contributed by atoms with E-state index >= 15 is 0 Å². The Hall–Kier alpha value is -0.710. The molecule has 1 N–H and O–H groups in total. The first-order valence-electron chi connectivity index (χ1n) is 7.82. The fourth-order valence-electron chi connectivity index (χ4n) is 2.51. The predicted molar refractivity (Wildman–Crippen MR) is 82.4 cm³/mol. The van der Waals surface area contributed by atoms with Crippen LogP contribution >= 0.6 is 11.8 Å². The Morgan fingerprint density at radius 2 is 2.05 bits per heavy atom. The number of amides is 2. The molecule has 0 bridgehead atoms. The van der Waals surface area contributed by atoms with Gasteiger partial charge in [-0.3, -0.25) is 9.59 Å². The summed E-state index contributed by atoms with van der Waals surface area (Å²) in [4.78, 5) is 26.8. The van der Waals surface area contributed by atoms with Crippen molar-refractivity contribution in [2.24, 2.45) is 5.92 Å². The lowest BCUT2D eigenvalue weighted by atomic mass is 10.1. The minimum Gasteiger partial charge on any atom is -0.352 e. The van der Waals surface area contributed by atoms with E-state index in [1.165, 1.54) is 0 Å². The Kier molecular flexibility index (Phi) is 5.35. The highest BCUT2D eigenvalue weighted by Crippen LogP contribution is 2.39. The van der Waals surface area contributed by atoms with Gasteiger partial charge in [-0.25, -0.2) is 0 Å². The second-order valence-corrected chi connectivity index (χ2v) is 7.14. The van der Waals surface area contributed by atoms with Crippen LogP contribution in [0.2, 0.25) is 0 Å². The summed E-state index contributed by atoms with van der Waals surface area (Å²) >= 11 is 1.76. The normalized spacial score (nSPS) is 27.4. The Balaban J connectivity index is 2.05. The van der Waals surface area contributed by atoms with Crippen LogP contribution in [-0.2, 0) is 9.59 Å². The summed E-state index contributed by atoms with van der Waals surface area (Å²) in [5.41, 5.74) is 0. The maximum atomic E-state index is 12.5. The highest BCUT2D eigenvalue weighted by Gasteiger charge is 2.45. The molecule has 0 aromatic rings. The van der Waals surface area contributed by atoms with Gasteiger partial charge >= 0.3 is 0 Å². The van der Waals surface area contributed by atoms with Crippen molar-refractivity contribution in [1.29, 1.82) is 0 Å². The Labute approximate surface area is 126 Å². The second kappa shape index (κ2) is 6.83. The van der Waals surface area contributed by atoms with Crippen molar-refractivity contribution in [2.45, 2.75) is 70.3 Å². The van der Waals surface area contributed by atoms with Crippen molar-refractivity contribution in [3.8, 4) is 0 Å². The van der Waals surface area contributed by atoms with E-state index < -0.39 is 0 Å². The quantitative estimate of drug-likeness (QED) is 0.819. The van der Waals surface area contributed by atoms with Gasteiger partial charge in [0.25, 0.3) is 0 Å². The molecule has 114 valence electrons. The summed E-state index contributed by atoms with van der Waals surface area (Å²) in [5, 5.41) is 3.23. The second-order valence-electron chi connectivity index (χ2n) is 5.93. The number of nitrogens with zero attached hydrogens (tertiary/aromatic N) is 1. The van der Waals surface area contributed by atoms with Crippen LogP contribution in [0.3, 0.4) is 0 Å². The van der Waals surface area contributed by atoms with Gasteiger partial charge in [0.15, 0.2) is 0 Å². The van der Waals surface area contributed by atoms with E-state index in [4.69, 9.17) is 0 Å². The van der Waals surface area contributed by atoms with Gasteiger partial charge in [-0.1, -0.05) is 20.3 Å². The van der Waals surface area contributed by atoms with E-state index in [2.05, 4.69) is 19.2 Å². The average Bonchev–Trinajstić information content (AvgIpc) is 3.19. The van der Waals surface area contributed by atoms with Gasteiger partial charge in [-0.05, 0) is 32.6 Å². The minimum atomic E-state index is -0.265. The van der Waals surface area contributed by atoms with Crippen LogP contribution in [0, 0.1) is 5.92 Å². The zero-order valence-electron chi connectivity index (χ0n) is 12.7. The molecule has 2 fully saturated rings. The zero-order valence-corrected chi connectivity index (χ0v) is 13.5. The lowest BCUT2D eigenvalue weighted by molar-refractivity contribution is -0.141. The molecule has 1 aliphatic heterocycles. The molecule has 0 radical (unpaired) electrons. The number of rotatable bonds is 6. The van der Waals surface area contributed by atoms with Crippen molar-refractivity contribution >= 4 is 23.6 Å². The molecule has 2 aliphatic rings. The Bertz CT molecular complexity index is 371. The molecule has 0 aromatic carbocycles. The molecule has 4 nitrogen and oxygen atoms in total. The first-order valence-corrected chi connectivity index (χ1v) is 8.87. The molecule has 3 unspecified atom stereocenters. The summed E-state index contributed by atoms with van der Waals surface area (Å²) in [6, 6.07) is -0.0887. The maximum absolute atomic E-state index is 12.5. The van der Waals surface area contributed by atoms with Gasteiger partial charge in [0.05, 0.1) is 5.37 Å². The molecular formula is C15H26N2O2S. The van der Waals surface area contributed by atoms with Crippen LogP contribution < -0.4 is 5.32 Å². The predicted octanol–water partition coefficient (Wildman–Crippen LogP) is 2.38. The topological polar surface area (TPSA) is 49.4 Å². The molecule has 2 rings (SSSR count). The lowest BCUT2D eigenvalue weighted by Gasteiger charge is -2.29. The first-order chi connectivity index (χ1) is 9.58.